The Morgan fingerprint density at radius 3 is 3.00 bits per heavy atom. The van der Waals surface area contributed by atoms with Gasteiger partial charge in [0.25, 0.3) is 0 Å². The third kappa shape index (κ3) is 3.34. The average molecular weight is 340 g/mol. The van der Waals surface area contributed by atoms with E-state index in [9.17, 15) is 0 Å². The van der Waals surface area contributed by atoms with Crippen LogP contribution in [0.1, 0.15) is 22.1 Å². The Kier molecular flexibility index (Phi) is 4.32. The van der Waals surface area contributed by atoms with E-state index in [1.54, 1.807) is 11.3 Å². The first-order valence-corrected chi connectivity index (χ1v) is 8.98. The summed E-state index contributed by atoms with van der Waals surface area (Å²) in [6.07, 6.45) is 2.97. The fourth-order valence-corrected chi connectivity index (χ4v) is 3.72. The molecule has 0 aliphatic carbocycles. The minimum atomic E-state index is 0.527. The van der Waals surface area contributed by atoms with Gasteiger partial charge in [-0.05, 0) is 12.1 Å². The first-order chi connectivity index (χ1) is 11.8. The van der Waals surface area contributed by atoms with E-state index in [0.29, 0.717) is 6.61 Å². The molecule has 0 saturated heterocycles. The molecule has 0 radical (unpaired) electrons. The van der Waals surface area contributed by atoms with E-state index in [1.807, 2.05) is 36.7 Å². The van der Waals surface area contributed by atoms with E-state index in [0.717, 1.165) is 42.5 Å². The number of nitrogens with zero attached hydrogens (tertiary/aromatic N) is 4. The molecule has 0 saturated carbocycles. The zero-order chi connectivity index (χ0) is 16.4. The molecular formula is C18H20N4OS. The Balaban J connectivity index is 1.34. The molecule has 1 aromatic carbocycles. The van der Waals surface area contributed by atoms with E-state index in [-0.39, 0.29) is 0 Å². The van der Waals surface area contributed by atoms with Crippen LogP contribution in [0.3, 0.4) is 0 Å². The van der Waals surface area contributed by atoms with Gasteiger partial charge in [-0.3, -0.25) is 4.90 Å². The maximum Gasteiger partial charge on any atom is 0.140 e. The number of rotatable bonds is 5. The van der Waals surface area contributed by atoms with Gasteiger partial charge in [0.15, 0.2) is 0 Å². The Morgan fingerprint density at radius 1 is 1.25 bits per heavy atom. The van der Waals surface area contributed by atoms with Crippen LogP contribution < -0.4 is 4.74 Å². The number of benzene rings is 1. The lowest BCUT2D eigenvalue weighted by molar-refractivity contribution is 0.237. The molecule has 124 valence electrons. The highest BCUT2D eigenvalue weighted by Gasteiger charge is 2.20. The van der Waals surface area contributed by atoms with E-state index < -0.39 is 0 Å². The van der Waals surface area contributed by atoms with Crippen molar-refractivity contribution in [3.05, 3.63) is 64.1 Å². The van der Waals surface area contributed by atoms with Gasteiger partial charge in [-0.25, -0.2) is 9.97 Å². The molecule has 3 aromatic rings. The van der Waals surface area contributed by atoms with E-state index >= 15 is 0 Å². The highest BCUT2D eigenvalue weighted by molar-refractivity contribution is 7.09. The van der Waals surface area contributed by atoms with E-state index in [4.69, 9.17) is 9.72 Å². The van der Waals surface area contributed by atoms with Crippen molar-refractivity contribution in [2.75, 3.05) is 6.54 Å². The van der Waals surface area contributed by atoms with Crippen LogP contribution in [0.2, 0.25) is 0 Å². The predicted octanol–water partition coefficient (Wildman–Crippen LogP) is 3.01. The fraction of sp³-hybridized carbons (Fsp3) is 0.333. The monoisotopic (exact) mass is 340 g/mol. The smallest absolute Gasteiger partial charge is 0.140 e. The minimum absolute atomic E-state index is 0.527. The van der Waals surface area contributed by atoms with Crippen LogP contribution in [0.5, 0.6) is 5.75 Å². The maximum atomic E-state index is 5.77. The molecule has 1 aliphatic heterocycles. The quantitative estimate of drug-likeness (QED) is 0.716. The van der Waals surface area contributed by atoms with Crippen LogP contribution in [0.25, 0.3) is 0 Å². The zero-order valence-corrected chi connectivity index (χ0v) is 14.5. The molecule has 0 unspecified atom stereocenters. The molecular weight excluding hydrogens is 320 g/mol. The molecule has 3 heterocycles. The van der Waals surface area contributed by atoms with Crippen LogP contribution in [0, 0.1) is 0 Å². The molecule has 2 aromatic heterocycles. The van der Waals surface area contributed by atoms with Gasteiger partial charge in [0.05, 0.1) is 17.7 Å². The second-order valence-electron chi connectivity index (χ2n) is 6.04. The lowest BCUT2D eigenvalue weighted by Crippen LogP contribution is -2.30. The SMILES string of the molecule is Cn1cnc2c1CCN(Cc1csc(COc3ccccc3)n1)C2. The molecule has 1 aliphatic rings. The van der Waals surface area contributed by atoms with Crippen LogP contribution >= 0.6 is 11.3 Å². The van der Waals surface area contributed by atoms with Crippen molar-refractivity contribution in [2.45, 2.75) is 26.1 Å². The summed E-state index contributed by atoms with van der Waals surface area (Å²) in [6, 6.07) is 9.87. The standard InChI is InChI=1S/C18H20N4OS/c1-21-13-19-16-10-22(8-7-17(16)21)9-14-12-24-18(20-14)11-23-15-5-3-2-4-6-15/h2-6,12-13H,7-11H2,1H3. The Hall–Kier alpha value is -2.18. The van der Waals surface area contributed by atoms with Crippen molar-refractivity contribution in [3.8, 4) is 5.75 Å². The average Bonchev–Trinajstić information content (AvgIpc) is 3.21. The Labute approximate surface area is 145 Å². The van der Waals surface area contributed by atoms with Gasteiger partial charge in [0.2, 0.25) is 0 Å². The number of aryl methyl sites for hydroxylation is 1. The van der Waals surface area contributed by atoms with Gasteiger partial charge >= 0.3 is 0 Å². The molecule has 0 atom stereocenters. The molecule has 6 heteroatoms. The fourth-order valence-electron chi connectivity index (χ4n) is 3.03. The lowest BCUT2D eigenvalue weighted by atomic mass is 10.1. The van der Waals surface area contributed by atoms with Crippen molar-refractivity contribution >= 4 is 11.3 Å². The minimum Gasteiger partial charge on any atom is -0.486 e. The van der Waals surface area contributed by atoms with Crippen molar-refractivity contribution < 1.29 is 4.74 Å². The van der Waals surface area contributed by atoms with Gasteiger partial charge in [-0.2, -0.15) is 0 Å². The highest BCUT2D eigenvalue weighted by atomic mass is 32.1. The Morgan fingerprint density at radius 2 is 2.12 bits per heavy atom. The summed E-state index contributed by atoms with van der Waals surface area (Å²) in [6.45, 7) is 3.36. The number of imidazole rings is 1. The number of para-hydroxylation sites is 1. The van der Waals surface area contributed by atoms with Crippen molar-refractivity contribution in [2.24, 2.45) is 7.05 Å². The van der Waals surface area contributed by atoms with Gasteiger partial charge < -0.3 is 9.30 Å². The summed E-state index contributed by atoms with van der Waals surface area (Å²) in [4.78, 5) is 11.6. The van der Waals surface area contributed by atoms with Crippen LogP contribution in [-0.4, -0.2) is 26.0 Å². The first kappa shape index (κ1) is 15.4. The van der Waals surface area contributed by atoms with Crippen LogP contribution in [-0.2, 0) is 33.2 Å². The summed E-state index contributed by atoms with van der Waals surface area (Å²) in [5.74, 6) is 0.882. The van der Waals surface area contributed by atoms with E-state index in [2.05, 4.69) is 26.9 Å². The number of fused-ring (bicyclic) bond motifs is 1. The van der Waals surface area contributed by atoms with Crippen LogP contribution in [0.15, 0.2) is 42.0 Å². The first-order valence-electron chi connectivity index (χ1n) is 8.10. The molecule has 0 N–H and O–H groups in total. The Bertz CT molecular complexity index is 812. The molecule has 4 rings (SSSR count). The molecule has 0 amide bonds. The predicted molar refractivity (Wildman–Crippen MR) is 93.9 cm³/mol. The summed E-state index contributed by atoms with van der Waals surface area (Å²) in [5.41, 5.74) is 3.68. The third-order valence-corrected chi connectivity index (χ3v) is 5.15. The van der Waals surface area contributed by atoms with Gasteiger partial charge in [0.1, 0.15) is 17.4 Å². The highest BCUT2D eigenvalue weighted by Crippen LogP contribution is 2.20. The second-order valence-corrected chi connectivity index (χ2v) is 6.99. The second kappa shape index (κ2) is 6.75. The molecule has 24 heavy (non-hydrogen) atoms. The normalized spacial score (nSPS) is 14.5. The summed E-state index contributed by atoms with van der Waals surface area (Å²) in [5, 5.41) is 3.15. The number of aromatic nitrogens is 3. The molecule has 0 fully saturated rings. The molecule has 0 bridgehead atoms. The van der Waals surface area contributed by atoms with Crippen LogP contribution in [0.4, 0.5) is 0 Å². The lowest BCUT2D eigenvalue weighted by Gasteiger charge is -2.25. The van der Waals surface area contributed by atoms with Crippen molar-refractivity contribution in [3.63, 3.8) is 0 Å². The van der Waals surface area contributed by atoms with Gasteiger partial charge in [-0.1, -0.05) is 18.2 Å². The molecule has 0 spiro atoms. The maximum absolute atomic E-state index is 5.77. The van der Waals surface area contributed by atoms with E-state index in [1.165, 1.54) is 11.4 Å². The number of ether oxygens (including phenoxy) is 1. The number of hydrogen-bond donors (Lipinski definition) is 0. The topological polar surface area (TPSA) is 43.2 Å². The van der Waals surface area contributed by atoms with Crippen molar-refractivity contribution in [1.82, 2.24) is 19.4 Å². The van der Waals surface area contributed by atoms with Gasteiger partial charge in [-0.15, -0.1) is 11.3 Å². The summed E-state index contributed by atoms with van der Waals surface area (Å²) >= 11 is 1.66. The molecule has 5 nitrogen and oxygen atoms in total. The largest absolute Gasteiger partial charge is 0.486 e. The number of hydrogen-bond acceptors (Lipinski definition) is 5. The van der Waals surface area contributed by atoms with Gasteiger partial charge in [0, 0.05) is 44.2 Å². The van der Waals surface area contributed by atoms with Crippen molar-refractivity contribution in [1.29, 1.82) is 0 Å². The third-order valence-electron chi connectivity index (χ3n) is 4.27. The number of thiazole rings is 1. The zero-order valence-electron chi connectivity index (χ0n) is 13.7. The summed E-state index contributed by atoms with van der Waals surface area (Å²) < 4.78 is 7.90. The summed E-state index contributed by atoms with van der Waals surface area (Å²) in [7, 11) is 2.07.